The second-order valence-electron chi connectivity index (χ2n) is 14.2. The molecule has 1 spiro atoms. The fourth-order valence-electron chi connectivity index (χ4n) is 8.74. The molecule has 8 aromatic rings. The summed E-state index contributed by atoms with van der Waals surface area (Å²) >= 11 is 0. The van der Waals surface area contributed by atoms with Gasteiger partial charge in [-0.3, -0.25) is 0 Å². The summed E-state index contributed by atoms with van der Waals surface area (Å²) in [7, 11) is 0. The Morgan fingerprint density at radius 2 is 1.00 bits per heavy atom. The standard InChI is InChI=1S/C50H33N3O/c1-2-14-33(15-3-1)47-51-48(53-49(52-47)38-26-25-32-13-4-5-16-34(32)29-38)37-18-12-17-35(30-37)36-27-28-44-46(31-36)54-45-24-11-10-23-43(45)50(44)41-21-8-6-19-39(41)40-20-7-9-22-42(40)50/h1-31,49H,(H,51,52,53). The fourth-order valence-corrected chi connectivity index (χ4v) is 8.74. The molecule has 254 valence electrons. The van der Waals surface area contributed by atoms with Gasteiger partial charge in [-0.1, -0.05) is 164 Å². The molecular weight excluding hydrogens is 659 g/mol. The minimum atomic E-state index is -0.483. The summed E-state index contributed by atoms with van der Waals surface area (Å²) in [6.45, 7) is 0. The number of benzene rings is 8. The van der Waals surface area contributed by atoms with Gasteiger partial charge in [0.25, 0.3) is 0 Å². The molecule has 11 rings (SSSR count). The highest BCUT2D eigenvalue weighted by atomic mass is 16.5. The van der Waals surface area contributed by atoms with E-state index in [9.17, 15) is 0 Å². The molecule has 1 N–H and O–H groups in total. The average Bonchev–Trinajstić information content (AvgIpc) is 3.54. The third-order valence-corrected chi connectivity index (χ3v) is 11.2. The third-order valence-electron chi connectivity index (χ3n) is 11.2. The molecule has 1 unspecified atom stereocenters. The average molecular weight is 692 g/mol. The van der Waals surface area contributed by atoms with Gasteiger partial charge in [-0.05, 0) is 74.0 Å². The summed E-state index contributed by atoms with van der Waals surface area (Å²) in [4.78, 5) is 10.3. The van der Waals surface area contributed by atoms with Crippen molar-refractivity contribution in [3.05, 3.63) is 227 Å². The Morgan fingerprint density at radius 1 is 0.407 bits per heavy atom. The van der Waals surface area contributed by atoms with Crippen LogP contribution in [0.25, 0.3) is 33.0 Å². The summed E-state index contributed by atoms with van der Waals surface area (Å²) in [5.41, 5.74) is 12.2. The van der Waals surface area contributed by atoms with E-state index in [-0.39, 0.29) is 0 Å². The zero-order valence-electron chi connectivity index (χ0n) is 29.3. The minimum absolute atomic E-state index is 0.393. The second kappa shape index (κ2) is 12.0. The maximum absolute atomic E-state index is 6.81. The van der Waals surface area contributed by atoms with Crippen molar-refractivity contribution in [1.29, 1.82) is 0 Å². The molecule has 0 aromatic heterocycles. The van der Waals surface area contributed by atoms with Gasteiger partial charge in [-0.25, -0.2) is 9.98 Å². The van der Waals surface area contributed by atoms with Crippen molar-refractivity contribution in [2.24, 2.45) is 9.98 Å². The van der Waals surface area contributed by atoms with Crippen LogP contribution in [-0.2, 0) is 5.41 Å². The lowest BCUT2D eigenvalue weighted by Gasteiger charge is -2.39. The molecule has 0 saturated carbocycles. The number of para-hydroxylation sites is 1. The van der Waals surface area contributed by atoms with Crippen molar-refractivity contribution in [1.82, 2.24) is 5.32 Å². The monoisotopic (exact) mass is 691 g/mol. The number of rotatable bonds is 4. The molecule has 54 heavy (non-hydrogen) atoms. The molecule has 0 bridgehead atoms. The van der Waals surface area contributed by atoms with Crippen LogP contribution >= 0.6 is 0 Å². The normalized spacial score (nSPS) is 15.9. The lowest BCUT2D eigenvalue weighted by molar-refractivity contribution is 0.436. The molecule has 0 amide bonds. The summed E-state index contributed by atoms with van der Waals surface area (Å²) in [6.07, 6.45) is -0.393. The van der Waals surface area contributed by atoms with Crippen LogP contribution in [0.5, 0.6) is 11.5 Å². The van der Waals surface area contributed by atoms with Crippen molar-refractivity contribution in [2.45, 2.75) is 11.6 Å². The highest BCUT2D eigenvalue weighted by Crippen LogP contribution is 2.62. The first-order chi connectivity index (χ1) is 26.7. The van der Waals surface area contributed by atoms with Crippen LogP contribution in [0.2, 0.25) is 0 Å². The highest BCUT2D eigenvalue weighted by Gasteiger charge is 2.50. The Balaban J connectivity index is 1.02. The lowest BCUT2D eigenvalue weighted by Crippen LogP contribution is -2.36. The van der Waals surface area contributed by atoms with E-state index in [1.165, 1.54) is 38.6 Å². The largest absolute Gasteiger partial charge is 0.457 e. The maximum Gasteiger partial charge on any atom is 0.169 e. The van der Waals surface area contributed by atoms with Crippen LogP contribution in [-0.4, -0.2) is 11.7 Å². The van der Waals surface area contributed by atoms with Gasteiger partial charge in [0.15, 0.2) is 6.17 Å². The highest BCUT2D eigenvalue weighted by molar-refractivity contribution is 6.16. The van der Waals surface area contributed by atoms with Crippen LogP contribution in [0.15, 0.2) is 198 Å². The maximum atomic E-state index is 6.81. The number of nitrogens with zero attached hydrogens (tertiary/aromatic N) is 2. The van der Waals surface area contributed by atoms with Gasteiger partial charge >= 0.3 is 0 Å². The Bertz CT molecular complexity index is 2810. The Hall–Kier alpha value is -7.04. The van der Waals surface area contributed by atoms with Crippen molar-refractivity contribution >= 4 is 22.4 Å². The molecule has 2 heterocycles. The van der Waals surface area contributed by atoms with Gasteiger partial charge in [-0.15, -0.1) is 0 Å². The van der Waals surface area contributed by atoms with Crippen LogP contribution < -0.4 is 10.1 Å². The topological polar surface area (TPSA) is 46.0 Å². The molecule has 8 aromatic carbocycles. The molecule has 2 aliphatic heterocycles. The first kappa shape index (κ1) is 30.6. The van der Waals surface area contributed by atoms with Gasteiger partial charge < -0.3 is 10.1 Å². The number of hydrogen-bond acceptors (Lipinski definition) is 4. The molecule has 3 aliphatic rings. The van der Waals surface area contributed by atoms with E-state index in [0.717, 1.165) is 56.6 Å². The smallest absolute Gasteiger partial charge is 0.169 e. The zero-order chi connectivity index (χ0) is 35.6. The van der Waals surface area contributed by atoms with E-state index in [1.54, 1.807) is 0 Å². The Labute approximate surface area is 313 Å². The number of amidine groups is 2. The molecule has 0 fully saturated rings. The summed E-state index contributed by atoms with van der Waals surface area (Å²) < 4.78 is 6.81. The number of hydrogen-bond donors (Lipinski definition) is 1. The van der Waals surface area contributed by atoms with Crippen LogP contribution in [0.3, 0.4) is 0 Å². The second-order valence-corrected chi connectivity index (χ2v) is 14.2. The predicted molar refractivity (Wildman–Crippen MR) is 219 cm³/mol. The number of aliphatic imine (C=N–C) groups is 2. The van der Waals surface area contributed by atoms with Gasteiger partial charge in [0, 0.05) is 22.3 Å². The van der Waals surface area contributed by atoms with Gasteiger partial charge in [0.2, 0.25) is 0 Å². The fraction of sp³-hybridized carbons (Fsp3) is 0.0400. The number of ether oxygens (including phenoxy) is 1. The Morgan fingerprint density at radius 3 is 1.80 bits per heavy atom. The van der Waals surface area contributed by atoms with E-state index >= 15 is 0 Å². The van der Waals surface area contributed by atoms with E-state index in [2.05, 4.69) is 175 Å². The molecular formula is C50H33N3O. The first-order valence-electron chi connectivity index (χ1n) is 18.4. The molecule has 1 aliphatic carbocycles. The van der Waals surface area contributed by atoms with E-state index in [0.29, 0.717) is 0 Å². The predicted octanol–water partition coefficient (Wildman–Crippen LogP) is 11.5. The van der Waals surface area contributed by atoms with E-state index in [1.807, 2.05) is 18.2 Å². The summed E-state index contributed by atoms with van der Waals surface area (Å²) in [6, 6.07) is 66.7. The quantitative estimate of drug-likeness (QED) is 0.200. The van der Waals surface area contributed by atoms with Gasteiger partial charge in [0.05, 0.1) is 5.41 Å². The van der Waals surface area contributed by atoms with Crippen molar-refractivity contribution in [3.8, 4) is 33.8 Å². The van der Waals surface area contributed by atoms with E-state index in [4.69, 9.17) is 14.7 Å². The SMILES string of the molecule is c1ccc(C2=NC(c3ccc4ccccc4c3)N=C(c3cccc(-c4ccc5c(c4)Oc4ccccc4C54c5ccccc5-c5ccccc54)c3)N2)cc1. The van der Waals surface area contributed by atoms with E-state index < -0.39 is 11.6 Å². The third kappa shape index (κ3) is 4.63. The zero-order valence-corrected chi connectivity index (χ0v) is 29.3. The van der Waals surface area contributed by atoms with Crippen molar-refractivity contribution in [2.75, 3.05) is 0 Å². The number of nitrogens with one attached hydrogen (secondary N) is 1. The van der Waals surface area contributed by atoms with Gasteiger partial charge in [0.1, 0.15) is 23.2 Å². The van der Waals surface area contributed by atoms with Crippen LogP contribution in [0.4, 0.5) is 0 Å². The Kier molecular flexibility index (Phi) is 6.80. The molecule has 4 nitrogen and oxygen atoms in total. The number of fused-ring (bicyclic) bond motifs is 10. The summed E-state index contributed by atoms with van der Waals surface area (Å²) in [5.74, 6) is 3.33. The van der Waals surface area contributed by atoms with Crippen LogP contribution in [0.1, 0.15) is 45.1 Å². The molecule has 0 saturated heterocycles. The molecule has 1 atom stereocenters. The van der Waals surface area contributed by atoms with Crippen molar-refractivity contribution in [3.63, 3.8) is 0 Å². The molecule has 0 radical (unpaired) electrons. The van der Waals surface area contributed by atoms with Crippen molar-refractivity contribution < 1.29 is 4.74 Å². The molecule has 4 heteroatoms. The summed E-state index contributed by atoms with van der Waals surface area (Å²) in [5, 5.41) is 5.96. The van der Waals surface area contributed by atoms with Gasteiger partial charge in [-0.2, -0.15) is 0 Å². The lowest BCUT2D eigenvalue weighted by atomic mass is 9.66. The van der Waals surface area contributed by atoms with Crippen LogP contribution in [0, 0.1) is 0 Å². The first-order valence-corrected chi connectivity index (χ1v) is 18.4. The minimum Gasteiger partial charge on any atom is -0.457 e.